The molecule has 0 aliphatic carbocycles. The molecule has 3 rings (SSSR count). The molecule has 0 fully saturated rings. The number of aromatic nitrogens is 3. The van der Waals surface area contributed by atoms with Crippen LogP contribution in [-0.2, 0) is 0 Å². The molecular formula is C13H9FN4O. The Hall–Kier alpha value is -2.76. The molecule has 0 saturated heterocycles. The molecule has 1 amide bonds. The summed E-state index contributed by atoms with van der Waals surface area (Å²) in [6.07, 6.45) is 3.25. The van der Waals surface area contributed by atoms with Gasteiger partial charge in [-0.05, 0) is 36.4 Å². The van der Waals surface area contributed by atoms with Crippen molar-refractivity contribution in [1.82, 2.24) is 14.6 Å². The molecule has 2 heterocycles. The van der Waals surface area contributed by atoms with Crippen LogP contribution in [0.3, 0.4) is 0 Å². The standard InChI is InChI=1S/C13H9FN4O/c14-10-3-1-9(2-4-10)13(19)16-11-5-6-12-17-15-8-18(12)7-11/h1-8H,(H,16,19). The second-order valence-corrected chi connectivity index (χ2v) is 3.98. The molecule has 0 aliphatic heterocycles. The van der Waals surface area contributed by atoms with E-state index in [4.69, 9.17) is 0 Å². The summed E-state index contributed by atoms with van der Waals surface area (Å²) >= 11 is 0. The number of fused-ring (bicyclic) bond motifs is 1. The molecule has 1 aromatic carbocycles. The van der Waals surface area contributed by atoms with Crippen molar-refractivity contribution in [2.24, 2.45) is 0 Å². The van der Waals surface area contributed by atoms with Crippen LogP contribution >= 0.6 is 0 Å². The van der Waals surface area contributed by atoms with E-state index in [-0.39, 0.29) is 11.7 Å². The van der Waals surface area contributed by atoms with Gasteiger partial charge in [-0.1, -0.05) is 0 Å². The van der Waals surface area contributed by atoms with Gasteiger partial charge in [0.1, 0.15) is 12.1 Å². The van der Waals surface area contributed by atoms with Crippen LogP contribution in [0.4, 0.5) is 10.1 Å². The third kappa shape index (κ3) is 2.28. The highest BCUT2D eigenvalue weighted by Gasteiger charge is 2.06. The second-order valence-electron chi connectivity index (χ2n) is 3.98. The van der Waals surface area contributed by atoms with Crippen molar-refractivity contribution >= 4 is 17.2 Å². The SMILES string of the molecule is O=C(Nc1ccc2nncn2c1)c1ccc(F)cc1. The number of nitrogens with zero attached hydrogens (tertiary/aromatic N) is 3. The molecule has 0 bridgehead atoms. The minimum absolute atomic E-state index is 0.299. The van der Waals surface area contributed by atoms with Crippen LogP contribution in [-0.4, -0.2) is 20.5 Å². The monoisotopic (exact) mass is 256 g/mol. The predicted octanol–water partition coefficient (Wildman–Crippen LogP) is 2.12. The minimum Gasteiger partial charge on any atom is -0.321 e. The largest absolute Gasteiger partial charge is 0.321 e. The van der Waals surface area contributed by atoms with E-state index in [2.05, 4.69) is 15.5 Å². The van der Waals surface area contributed by atoms with Crippen LogP contribution in [0.15, 0.2) is 48.9 Å². The van der Waals surface area contributed by atoms with E-state index in [0.29, 0.717) is 16.9 Å². The highest BCUT2D eigenvalue weighted by molar-refractivity contribution is 6.04. The van der Waals surface area contributed by atoms with Gasteiger partial charge in [0.2, 0.25) is 0 Å². The third-order valence-electron chi connectivity index (χ3n) is 2.66. The van der Waals surface area contributed by atoms with Crippen molar-refractivity contribution in [3.05, 3.63) is 60.3 Å². The first-order valence-electron chi connectivity index (χ1n) is 5.59. The highest BCUT2D eigenvalue weighted by Crippen LogP contribution is 2.11. The number of carbonyl (C=O) groups is 1. The average molecular weight is 256 g/mol. The number of hydrogen-bond acceptors (Lipinski definition) is 3. The van der Waals surface area contributed by atoms with Gasteiger partial charge in [-0.15, -0.1) is 10.2 Å². The fourth-order valence-corrected chi connectivity index (χ4v) is 1.71. The van der Waals surface area contributed by atoms with Crippen molar-refractivity contribution in [3.63, 3.8) is 0 Å². The van der Waals surface area contributed by atoms with Gasteiger partial charge in [0.15, 0.2) is 5.65 Å². The Labute approximate surface area is 107 Å². The Balaban J connectivity index is 1.83. The van der Waals surface area contributed by atoms with Crippen LogP contribution in [0, 0.1) is 5.82 Å². The van der Waals surface area contributed by atoms with Gasteiger partial charge in [-0.2, -0.15) is 0 Å². The molecule has 1 N–H and O–H groups in total. The summed E-state index contributed by atoms with van der Waals surface area (Å²) in [5.74, 6) is -0.671. The highest BCUT2D eigenvalue weighted by atomic mass is 19.1. The number of anilines is 1. The smallest absolute Gasteiger partial charge is 0.255 e. The van der Waals surface area contributed by atoms with E-state index in [1.54, 1.807) is 29.1 Å². The Morgan fingerprint density at radius 1 is 1.16 bits per heavy atom. The van der Waals surface area contributed by atoms with Crippen molar-refractivity contribution in [1.29, 1.82) is 0 Å². The fourth-order valence-electron chi connectivity index (χ4n) is 1.71. The first-order chi connectivity index (χ1) is 9.22. The summed E-state index contributed by atoms with van der Waals surface area (Å²) in [6, 6.07) is 8.83. The van der Waals surface area contributed by atoms with Crippen LogP contribution in [0.25, 0.3) is 5.65 Å². The molecule has 19 heavy (non-hydrogen) atoms. The molecule has 0 atom stereocenters. The van der Waals surface area contributed by atoms with E-state index in [1.165, 1.54) is 24.3 Å². The van der Waals surface area contributed by atoms with Gasteiger partial charge in [0, 0.05) is 11.8 Å². The van der Waals surface area contributed by atoms with Crippen molar-refractivity contribution < 1.29 is 9.18 Å². The molecule has 0 aliphatic rings. The zero-order chi connectivity index (χ0) is 13.2. The zero-order valence-electron chi connectivity index (χ0n) is 9.75. The zero-order valence-corrected chi connectivity index (χ0v) is 9.75. The summed E-state index contributed by atoms with van der Waals surface area (Å²) in [5, 5.41) is 10.3. The maximum atomic E-state index is 12.8. The maximum absolute atomic E-state index is 12.8. The molecule has 2 aromatic heterocycles. The summed E-state index contributed by atoms with van der Waals surface area (Å²) < 4.78 is 14.5. The molecule has 0 spiro atoms. The molecule has 5 nitrogen and oxygen atoms in total. The third-order valence-corrected chi connectivity index (χ3v) is 2.66. The van der Waals surface area contributed by atoms with E-state index in [9.17, 15) is 9.18 Å². The molecule has 0 saturated carbocycles. The lowest BCUT2D eigenvalue weighted by molar-refractivity contribution is 0.102. The number of benzene rings is 1. The molecule has 0 unspecified atom stereocenters. The summed E-state index contributed by atoms with van der Waals surface area (Å²) in [4.78, 5) is 11.9. The van der Waals surface area contributed by atoms with Gasteiger partial charge < -0.3 is 5.32 Å². The lowest BCUT2D eigenvalue weighted by atomic mass is 10.2. The molecule has 3 aromatic rings. The molecule has 6 heteroatoms. The number of nitrogens with one attached hydrogen (secondary N) is 1. The van der Waals surface area contributed by atoms with Gasteiger partial charge in [0.25, 0.3) is 5.91 Å². The van der Waals surface area contributed by atoms with Gasteiger partial charge in [0.05, 0.1) is 5.69 Å². The van der Waals surface area contributed by atoms with Crippen LogP contribution in [0.2, 0.25) is 0 Å². The Kier molecular flexibility index (Phi) is 2.68. The van der Waals surface area contributed by atoms with Crippen molar-refractivity contribution in [2.75, 3.05) is 5.32 Å². The fraction of sp³-hybridized carbons (Fsp3) is 0. The Morgan fingerprint density at radius 2 is 1.95 bits per heavy atom. The number of amides is 1. The number of rotatable bonds is 2. The minimum atomic E-state index is -0.373. The van der Waals surface area contributed by atoms with E-state index in [0.717, 1.165) is 0 Å². The lowest BCUT2D eigenvalue weighted by Crippen LogP contribution is -2.12. The summed E-state index contributed by atoms with van der Waals surface area (Å²) in [7, 11) is 0. The topological polar surface area (TPSA) is 59.3 Å². The van der Waals surface area contributed by atoms with Crippen LogP contribution in [0.5, 0.6) is 0 Å². The van der Waals surface area contributed by atoms with E-state index >= 15 is 0 Å². The van der Waals surface area contributed by atoms with Gasteiger partial charge in [-0.3, -0.25) is 9.20 Å². The summed E-state index contributed by atoms with van der Waals surface area (Å²) in [5.41, 5.74) is 1.70. The Morgan fingerprint density at radius 3 is 2.74 bits per heavy atom. The van der Waals surface area contributed by atoms with E-state index < -0.39 is 0 Å². The predicted molar refractivity (Wildman–Crippen MR) is 67.3 cm³/mol. The van der Waals surface area contributed by atoms with Gasteiger partial charge >= 0.3 is 0 Å². The Bertz CT molecular complexity index is 736. The molecule has 94 valence electrons. The number of carbonyl (C=O) groups excluding carboxylic acids is 1. The molecule has 0 radical (unpaired) electrons. The van der Waals surface area contributed by atoms with Crippen molar-refractivity contribution in [2.45, 2.75) is 0 Å². The number of halogens is 1. The second kappa shape index (κ2) is 4.49. The lowest BCUT2D eigenvalue weighted by Gasteiger charge is -2.05. The number of pyridine rings is 1. The van der Waals surface area contributed by atoms with Gasteiger partial charge in [-0.25, -0.2) is 4.39 Å². The normalized spacial score (nSPS) is 10.6. The number of hydrogen-bond donors (Lipinski definition) is 1. The first-order valence-corrected chi connectivity index (χ1v) is 5.59. The van der Waals surface area contributed by atoms with E-state index in [1.807, 2.05) is 0 Å². The summed E-state index contributed by atoms with van der Waals surface area (Å²) in [6.45, 7) is 0. The quantitative estimate of drug-likeness (QED) is 0.764. The van der Waals surface area contributed by atoms with Crippen LogP contribution < -0.4 is 5.32 Å². The van der Waals surface area contributed by atoms with Crippen molar-refractivity contribution in [3.8, 4) is 0 Å². The first kappa shape index (κ1) is 11.3. The maximum Gasteiger partial charge on any atom is 0.255 e. The average Bonchev–Trinajstić information content (AvgIpc) is 2.87. The molecular weight excluding hydrogens is 247 g/mol. The van der Waals surface area contributed by atoms with Crippen LogP contribution in [0.1, 0.15) is 10.4 Å².